The van der Waals surface area contributed by atoms with Gasteiger partial charge in [0.05, 0.1) is 17.5 Å². The van der Waals surface area contributed by atoms with Gasteiger partial charge in [-0.15, -0.1) is 11.3 Å². The van der Waals surface area contributed by atoms with Gasteiger partial charge in [-0.05, 0) is 6.07 Å². The van der Waals surface area contributed by atoms with Crippen molar-refractivity contribution in [1.29, 1.82) is 0 Å². The molecular formula is C15H7F6N3O2S. The Morgan fingerprint density at radius 2 is 1.74 bits per heavy atom. The van der Waals surface area contributed by atoms with Crippen LogP contribution in [0.15, 0.2) is 35.8 Å². The molecule has 0 amide bonds. The molecule has 12 heteroatoms. The molecule has 0 unspecified atom stereocenters. The zero-order valence-corrected chi connectivity index (χ0v) is 13.7. The molecule has 3 rings (SSSR count). The molecule has 1 N–H and O–H groups in total. The summed E-state index contributed by atoms with van der Waals surface area (Å²) in [5.74, 6) is -1.84. The Morgan fingerprint density at radius 3 is 2.33 bits per heavy atom. The topological polar surface area (TPSA) is 68.0 Å². The summed E-state index contributed by atoms with van der Waals surface area (Å²) in [5, 5.41) is 13.0. The van der Waals surface area contributed by atoms with E-state index in [1.54, 1.807) is 0 Å². The molecule has 0 fully saturated rings. The lowest BCUT2D eigenvalue weighted by molar-refractivity contribution is -0.143. The first kappa shape index (κ1) is 18.9. The molecule has 5 nitrogen and oxygen atoms in total. The first-order valence-electron chi connectivity index (χ1n) is 7.01. The van der Waals surface area contributed by atoms with Crippen LogP contribution in [-0.2, 0) is 12.4 Å². The number of thiazole rings is 1. The van der Waals surface area contributed by atoms with Crippen LogP contribution in [0.25, 0.3) is 16.4 Å². The second-order valence-electron chi connectivity index (χ2n) is 5.18. The van der Waals surface area contributed by atoms with Gasteiger partial charge in [0.25, 0.3) is 0 Å². The van der Waals surface area contributed by atoms with E-state index in [9.17, 15) is 31.1 Å². The Hall–Kier alpha value is -2.89. The molecule has 27 heavy (non-hydrogen) atoms. The molecule has 0 aliphatic rings. The third kappa shape index (κ3) is 3.52. The van der Waals surface area contributed by atoms with Crippen molar-refractivity contribution in [3.8, 4) is 16.4 Å². The van der Waals surface area contributed by atoms with Gasteiger partial charge in [0.1, 0.15) is 5.56 Å². The molecular weight excluding hydrogens is 400 g/mol. The second-order valence-corrected chi connectivity index (χ2v) is 6.02. The highest BCUT2D eigenvalue weighted by Crippen LogP contribution is 2.39. The van der Waals surface area contributed by atoms with Crippen LogP contribution in [0.5, 0.6) is 0 Å². The van der Waals surface area contributed by atoms with Crippen LogP contribution < -0.4 is 0 Å². The summed E-state index contributed by atoms with van der Waals surface area (Å²) < 4.78 is 79.3. The fourth-order valence-electron chi connectivity index (χ4n) is 2.36. The van der Waals surface area contributed by atoms with Crippen molar-refractivity contribution in [1.82, 2.24) is 14.8 Å². The SMILES string of the molecule is O=C(O)c1cnn(-c2nc(-c3ccccc3C(F)(F)F)cs2)c1C(F)(F)F. The van der Waals surface area contributed by atoms with Gasteiger partial charge in [0.2, 0.25) is 5.13 Å². The summed E-state index contributed by atoms with van der Waals surface area (Å²) in [4.78, 5) is 14.8. The molecule has 0 saturated heterocycles. The minimum Gasteiger partial charge on any atom is -0.478 e. The van der Waals surface area contributed by atoms with E-state index in [0.717, 1.165) is 17.5 Å². The summed E-state index contributed by atoms with van der Waals surface area (Å²) >= 11 is 0.601. The average Bonchev–Trinajstić information content (AvgIpc) is 3.20. The summed E-state index contributed by atoms with van der Waals surface area (Å²) in [6.07, 6.45) is -9.23. The van der Waals surface area contributed by atoms with Crippen LogP contribution in [0.4, 0.5) is 26.3 Å². The number of alkyl halides is 6. The van der Waals surface area contributed by atoms with Gasteiger partial charge < -0.3 is 5.11 Å². The highest BCUT2D eigenvalue weighted by molar-refractivity contribution is 7.12. The number of carboxylic acid groups (broad SMARTS) is 1. The number of carbonyl (C=O) groups is 1. The van der Waals surface area contributed by atoms with Crippen LogP contribution >= 0.6 is 11.3 Å². The van der Waals surface area contributed by atoms with Crippen molar-refractivity contribution >= 4 is 17.3 Å². The van der Waals surface area contributed by atoms with E-state index in [4.69, 9.17) is 5.11 Å². The highest BCUT2D eigenvalue weighted by Gasteiger charge is 2.41. The monoisotopic (exact) mass is 407 g/mol. The number of aromatic carboxylic acids is 1. The zero-order chi connectivity index (χ0) is 20.0. The van der Waals surface area contributed by atoms with Crippen LogP contribution in [0, 0.1) is 0 Å². The van der Waals surface area contributed by atoms with Crippen LogP contribution in [0.3, 0.4) is 0 Å². The number of nitrogens with zero attached hydrogens (tertiary/aromatic N) is 3. The van der Waals surface area contributed by atoms with E-state index in [1.165, 1.54) is 12.1 Å². The lowest BCUT2D eigenvalue weighted by Gasteiger charge is -2.11. The van der Waals surface area contributed by atoms with Crippen molar-refractivity contribution in [2.75, 3.05) is 0 Å². The van der Waals surface area contributed by atoms with Gasteiger partial charge in [-0.25, -0.2) is 14.5 Å². The number of halogens is 6. The van der Waals surface area contributed by atoms with Gasteiger partial charge in [-0.1, -0.05) is 18.2 Å². The smallest absolute Gasteiger partial charge is 0.434 e. The van der Waals surface area contributed by atoms with Gasteiger partial charge in [-0.2, -0.15) is 31.4 Å². The molecule has 2 heterocycles. The molecule has 2 aromatic heterocycles. The first-order valence-corrected chi connectivity index (χ1v) is 7.89. The molecule has 0 aliphatic heterocycles. The predicted octanol–water partition coefficient (Wildman–Crippen LogP) is 4.73. The van der Waals surface area contributed by atoms with Crippen molar-refractivity contribution in [3.05, 3.63) is 52.7 Å². The van der Waals surface area contributed by atoms with E-state index in [-0.39, 0.29) is 15.9 Å². The quantitative estimate of drug-likeness (QED) is 0.638. The van der Waals surface area contributed by atoms with E-state index in [1.807, 2.05) is 0 Å². The lowest BCUT2D eigenvalue weighted by Crippen LogP contribution is -2.17. The normalized spacial score (nSPS) is 12.4. The molecule has 0 atom stereocenters. The minimum atomic E-state index is -5.06. The third-order valence-corrected chi connectivity index (χ3v) is 4.27. The Balaban J connectivity index is 2.13. The average molecular weight is 407 g/mol. The van der Waals surface area contributed by atoms with E-state index in [0.29, 0.717) is 17.5 Å². The number of hydrogen-bond acceptors (Lipinski definition) is 4. The van der Waals surface area contributed by atoms with Crippen molar-refractivity contribution in [2.24, 2.45) is 0 Å². The first-order chi connectivity index (χ1) is 12.5. The molecule has 0 spiro atoms. The van der Waals surface area contributed by atoms with Gasteiger partial charge in [-0.3, -0.25) is 0 Å². The maximum atomic E-state index is 13.2. The number of benzene rings is 1. The zero-order valence-electron chi connectivity index (χ0n) is 12.8. The standard InChI is InChI=1S/C15H7F6N3O2S/c16-14(17,18)9-4-2-1-3-7(9)10-6-27-13(23-10)24-11(15(19,20)21)8(5-22-24)12(25)26/h1-6H,(H,25,26). The summed E-state index contributed by atoms with van der Waals surface area (Å²) in [6, 6.07) is 4.47. The molecule has 0 aliphatic carbocycles. The third-order valence-electron chi connectivity index (χ3n) is 3.45. The van der Waals surface area contributed by atoms with Crippen LogP contribution in [-0.4, -0.2) is 25.8 Å². The Bertz CT molecular complexity index is 1010. The van der Waals surface area contributed by atoms with Crippen molar-refractivity contribution < 1.29 is 36.2 Å². The van der Waals surface area contributed by atoms with Crippen LogP contribution in [0.2, 0.25) is 0 Å². The van der Waals surface area contributed by atoms with Gasteiger partial charge >= 0.3 is 18.3 Å². The molecule has 3 aromatic rings. The maximum Gasteiger partial charge on any atom is 0.434 e. The molecule has 0 bridgehead atoms. The van der Waals surface area contributed by atoms with Crippen LogP contribution in [0.1, 0.15) is 21.6 Å². The van der Waals surface area contributed by atoms with Gasteiger partial charge in [0.15, 0.2) is 5.69 Å². The minimum absolute atomic E-state index is 0.205. The Morgan fingerprint density at radius 1 is 1.07 bits per heavy atom. The Kier molecular flexibility index (Phi) is 4.46. The number of carboxylic acids is 1. The fourth-order valence-corrected chi connectivity index (χ4v) is 3.15. The number of rotatable bonds is 3. The Labute approximate surface area is 150 Å². The second kappa shape index (κ2) is 6.37. The van der Waals surface area contributed by atoms with E-state index in [2.05, 4.69) is 10.1 Å². The summed E-state index contributed by atoms with van der Waals surface area (Å²) in [5.41, 5.74) is -4.17. The number of hydrogen-bond donors (Lipinski definition) is 1. The molecule has 0 saturated carbocycles. The van der Waals surface area contributed by atoms with Crippen molar-refractivity contribution in [3.63, 3.8) is 0 Å². The molecule has 1 aromatic carbocycles. The predicted molar refractivity (Wildman–Crippen MR) is 81.6 cm³/mol. The van der Waals surface area contributed by atoms with Crippen molar-refractivity contribution in [2.45, 2.75) is 12.4 Å². The van der Waals surface area contributed by atoms with E-state index < -0.39 is 40.3 Å². The fraction of sp³-hybridized carbons (Fsp3) is 0.133. The van der Waals surface area contributed by atoms with E-state index >= 15 is 0 Å². The number of aromatic nitrogens is 3. The molecule has 142 valence electrons. The lowest BCUT2D eigenvalue weighted by atomic mass is 10.1. The summed E-state index contributed by atoms with van der Waals surface area (Å²) in [6.45, 7) is 0. The van der Waals surface area contributed by atoms with Gasteiger partial charge in [0, 0.05) is 10.9 Å². The highest BCUT2D eigenvalue weighted by atomic mass is 32.1. The summed E-state index contributed by atoms with van der Waals surface area (Å²) in [7, 11) is 0. The largest absolute Gasteiger partial charge is 0.478 e. The maximum absolute atomic E-state index is 13.2. The molecule has 0 radical (unpaired) electrons.